The molecule has 2 aromatic heterocycles. The van der Waals surface area contributed by atoms with Gasteiger partial charge in [-0.3, -0.25) is 0 Å². The van der Waals surface area contributed by atoms with E-state index in [4.69, 9.17) is 15.4 Å². The van der Waals surface area contributed by atoms with Gasteiger partial charge in [-0.25, -0.2) is 26.6 Å². The zero-order valence-corrected chi connectivity index (χ0v) is 46.3. The Bertz CT molecular complexity index is 2570. The number of aromatic amines is 1. The fourth-order valence-electron chi connectivity index (χ4n) is 10.2. The van der Waals surface area contributed by atoms with E-state index in [2.05, 4.69) is 96.9 Å². The van der Waals surface area contributed by atoms with Crippen LogP contribution >= 0.6 is 35.5 Å². The van der Waals surface area contributed by atoms with E-state index < -0.39 is 32.3 Å². The highest BCUT2D eigenvalue weighted by Crippen LogP contribution is 2.41. The van der Waals surface area contributed by atoms with Crippen LogP contribution in [0.5, 0.6) is 0 Å². The normalized spacial score (nSPS) is 17.6. The van der Waals surface area contributed by atoms with Gasteiger partial charge in [0.25, 0.3) is 29.4 Å². The second kappa shape index (κ2) is 23.3. The number of anilines is 4. The molecule has 0 radical (unpaired) electrons. The van der Waals surface area contributed by atoms with Crippen molar-refractivity contribution in [3.63, 3.8) is 0 Å². The third kappa shape index (κ3) is 13.6. The van der Waals surface area contributed by atoms with E-state index in [1.165, 1.54) is 86.0 Å². The molecule has 384 valence electrons. The number of sulfonamides is 1. The average molecular weight is 1070 g/mol. The molecule has 69 heavy (non-hydrogen) atoms. The number of rotatable bonds is 16. The lowest BCUT2D eigenvalue weighted by molar-refractivity contribution is 0.0792. The number of aryl methyl sites for hydroxylation is 4. The fraction of sp³-hybridized carbons (Fsp3) is 0.652. The van der Waals surface area contributed by atoms with E-state index in [1.807, 2.05) is 14.1 Å². The topological polar surface area (TPSA) is 196 Å². The molecular formula is C46H73Cl3N12O5S2Si. The number of hydrogen-bond donors (Lipinski definition) is 4. The Labute approximate surface area is 427 Å². The molecular weight excluding hydrogens is 999 g/mol. The molecule has 2 aliphatic heterocycles. The number of nitrogens with zero attached hydrogens (tertiary/aromatic N) is 8. The first-order valence-electron chi connectivity index (χ1n) is 24.1. The number of nitrogens with one attached hydrogen (secondary N) is 4. The molecule has 23 heteroatoms. The summed E-state index contributed by atoms with van der Waals surface area (Å²) in [6.45, 7) is 13.2. The van der Waals surface area contributed by atoms with Gasteiger partial charge >= 0.3 is 0 Å². The summed E-state index contributed by atoms with van der Waals surface area (Å²) in [5.41, 5.74) is 13.2. The SMILES string of the molecule is CN(C)CC1CN(S(=O)(=O)c2nc(Nc3c4c(cc5c3CCC5)CCC4)n[nH]2)C1.CN(C)CC1CNC1.C[Si](C)(C)CCOCn1nc(S(=O)(=O)Cl)nc1Nc1c2c(cc3c1CCC3)CCC2.Cl.Cl. The van der Waals surface area contributed by atoms with Crippen molar-refractivity contribution in [3.8, 4) is 0 Å². The molecule has 6 aliphatic rings. The van der Waals surface area contributed by atoms with Crippen molar-refractivity contribution in [2.24, 2.45) is 11.8 Å². The van der Waals surface area contributed by atoms with Crippen LogP contribution in [0.25, 0.3) is 0 Å². The lowest BCUT2D eigenvalue weighted by atomic mass is 9.99. The Morgan fingerprint density at radius 3 is 1.67 bits per heavy atom. The van der Waals surface area contributed by atoms with E-state index in [-0.39, 0.29) is 36.7 Å². The number of fused-ring (bicyclic) bond motifs is 4. The minimum absolute atomic E-state index is 0. The molecule has 4 N–H and O–H groups in total. The minimum Gasteiger partial charge on any atom is -0.359 e. The lowest BCUT2D eigenvalue weighted by Gasteiger charge is -2.38. The third-order valence-corrected chi connectivity index (χ3v) is 18.0. The summed E-state index contributed by atoms with van der Waals surface area (Å²) in [6.07, 6.45) is 13.2. The van der Waals surface area contributed by atoms with E-state index in [9.17, 15) is 16.8 Å². The largest absolute Gasteiger partial charge is 0.359 e. The first kappa shape index (κ1) is 55.4. The van der Waals surface area contributed by atoms with Crippen LogP contribution in [0.15, 0.2) is 22.4 Å². The van der Waals surface area contributed by atoms with Crippen LogP contribution in [-0.4, -0.2) is 143 Å². The highest BCUT2D eigenvalue weighted by Gasteiger charge is 2.39. The Morgan fingerprint density at radius 2 is 1.23 bits per heavy atom. The molecule has 0 unspecified atom stereocenters. The predicted octanol–water partition coefficient (Wildman–Crippen LogP) is 6.56. The second-order valence-electron chi connectivity index (χ2n) is 20.9. The van der Waals surface area contributed by atoms with Crippen molar-refractivity contribution in [1.29, 1.82) is 0 Å². The Kier molecular flexibility index (Phi) is 18.7. The highest BCUT2D eigenvalue weighted by atomic mass is 35.7. The molecule has 0 spiro atoms. The summed E-state index contributed by atoms with van der Waals surface area (Å²) >= 11 is 0. The summed E-state index contributed by atoms with van der Waals surface area (Å²) in [4.78, 5) is 12.8. The molecule has 0 amide bonds. The molecule has 4 heterocycles. The van der Waals surface area contributed by atoms with Gasteiger partial charge in [0.2, 0.25) is 11.9 Å². The smallest absolute Gasteiger partial charge is 0.298 e. The van der Waals surface area contributed by atoms with Crippen molar-refractivity contribution >= 4 is 85.9 Å². The summed E-state index contributed by atoms with van der Waals surface area (Å²) in [5, 5.41) is 20.5. The van der Waals surface area contributed by atoms with Gasteiger partial charge in [0, 0.05) is 76.0 Å². The minimum atomic E-state index is -4.03. The third-order valence-electron chi connectivity index (χ3n) is 13.6. The molecule has 2 fully saturated rings. The van der Waals surface area contributed by atoms with Gasteiger partial charge in [-0.1, -0.05) is 31.8 Å². The van der Waals surface area contributed by atoms with Crippen LogP contribution in [0.3, 0.4) is 0 Å². The molecule has 4 aromatic rings. The standard InChI is InChI=1S/C20H29ClN4O3SSi.C20H28N6O2S.C6H14N2.2ClH/c1-30(2,3)11-10-28-13-25-19(23-20(24-25)29(21,26)27)22-18-16-8-4-6-14(16)12-15-7-5-9-17(15)18;1-25(2)10-13-11-26(12-13)29(27,28)20-22-19(23-24-20)21-18-16-7-3-5-14(16)9-15-6-4-8-17(15)18;1-8(2)5-6-3-7-4-6;;/h12H,4-11,13H2,1-3H3,(H,22,23,24);9,13H,3-8,10-12H2,1-2H3,(H2,21,22,23,24);6-7H,3-5H2,1-2H3;2*1H. The van der Waals surface area contributed by atoms with E-state index >= 15 is 0 Å². The summed E-state index contributed by atoms with van der Waals surface area (Å²) in [7, 11) is 4.90. The van der Waals surface area contributed by atoms with Gasteiger partial charge in [0.05, 0.1) is 0 Å². The van der Waals surface area contributed by atoms with Gasteiger partial charge in [-0.05, 0) is 168 Å². The van der Waals surface area contributed by atoms with Crippen molar-refractivity contribution in [2.45, 2.75) is 120 Å². The quantitative estimate of drug-likeness (QED) is 0.0536. The van der Waals surface area contributed by atoms with Gasteiger partial charge in [0.15, 0.2) is 0 Å². The average Bonchev–Trinajstić information content (AvgIpc) is 4.08. The number of ether oxygens (including phenoxy) is 1. The Balaban J connectivity index is 0.000000191. The van der Waals surface area contributed by atoms with Crippen LogP contribution in [-0.2, 0) is 81.9 Å². The molecule has 0 bridgehead atoms. The zero-order chi connectivity index (χ0) is 47.7. The summed E-state index contributed by atoms with van der Waals surface area (Å²) in [6, 6.07) is 5.75. The van der Waals surface area contributed by atoms with E-state index in [0.29, 0.717) is 37.5 Å². The second-order valence-corrected chi connectivity index (χ2v) is 30.9. The number of halogens is 3. The van der Waals surface area contributed by atoms with Crippen molar-refractivity contribution in [1.82, 2.24) is 49.4 Å². The van der Waals surface area contributed by atoms with Crippen LogP contribution < -0.4 is 16.0 Å². The van der Waals surface area contributed by atoms with Crippen LogP contribution in [0.1, 0.15) is 70.2 Å². The highest BCUT2D eigenvalue weighted by molar-refractivity contribution is 8.13. The molecule has 10 rings (SSSR count). The van der Waals surface area contributed by atoms with E-state index in [0.717, 1.165) is 94.1 Å². The van der Waals surface area contributed by atoms with Crippen LogP contribution in [0.4, 0.5) is 23.3 Å². The van der Waals surface area contributed by atoms with Crippen molar-refractivity contribution in [2.75, 3.05) is 84.7 Å². The predicted molar refractivity (Wildman–Crippen MR) is 281 cm³/mol. The number of hydrogen-bond acceptors (Lipinski definition) is 14. The number of aromatic nitrogens is 6. The molecule has 2 aromatic carbocycles. The molecule has 4 aliphatic carbocycles. The van der Waals surface area contributed by atoms with Gasteiger partial charge in [-0.2, -0.15) is 14.3 Å². The Hall–Kier alpha value is -2.89. The zero-order valence-electron chi connectivity index (χ0n) is 41.3. The van der Waals surface area contributed by atoms with Crippen LogP contribution in [0.2, 0.25) is 25.7 Å². The monoisotopic (exact) mass is 1070 g/mol. The van der Waals surface area contributed by atoms with Crippen molar-refractivity contribution in [3.05, 3.63) is 56.6 Å². The fourth-order valence-corrected chi connectivity index (χ4v) is 12.9. The molecule has 0 saturated carbocycles. The first-order chi connectivity index (χ1) is 31.8. The molecule has 17 nitrogen and oxygen atoms in total. The molecule has 2 saturated heterocycles. The van der Waals surface area contributed by atoms with Crippen molar-refractivity contribution < 1.29 is 21.6 Å². The lowest BCUT2D eigenvalue weighted by Crippen LogP contribution is -2.53. The van der Waals surface area contributed by atoms with Crippen LogP contribution in [0, 0.1) is 11.8 Å². The van der Waals surface area contributed by atoms with E-state index in [1.54, 1.807) is 0 Å². The number of H-pyrrole nitrogens is 1. The van der Waals surface area contributed by atoms with Gasteiger partial charge in [0.1, 0.15) is 6.73 Å². The van der Waals surface area contributed by atoms with Gasteiger partial charge < -0.3 is 30.5 Å². The Morgan fingerprint density at radius 1 is 0.739 bits per heavy atom. The maximum atomic E-state index is 12.8. The molecule has 0 atom stereocenters. The number of benzene rings is 2. The van der Waals surface area contributed by atoms with Gasteiger partial charge in [-0.15, -0.1) is 35.0 Å². The summed E-state index contributed by atoms with van der Waals surface area (Å²) < 4.78 is 58.1. The first-order valence-corrected chi connectivity index (χ1v) is 31.5. The maximum Gasteiger partial charge on any atom is 0.298 e. The maximum absolute atomic E-state index is 12.8. The summed E-state index contributed by atoms with van der Waals surface area (Å²) in [5.74, 6) is 1.99.